The van der Waals surface area contributed by atoms with E-state index in [1.807, 2.05) is 33.8 Å². The highest BCUT2D eigenvalue weighted by Gasteiger charge is 2.50. The number of carbonyl (C=O) groups excluding carboxylic acids is 2. The van der Waals surface area contributed by atoms with Crippen molar-refractivity contribution in [2.75, 3.05) is 14.2 Å². The molecule has 1 aliphatic rings. The van der Waals surface area contributed by atoms with Gasteiger partial charge >= 0.3 is 19.1 Å². The van der Waals surface area contributed by atoms with Crippen molar-refractivity contribution in [3.8, 4) is 0 Å². The molecule has 1 fully saturated rings. The highest BCUT2D eigenvalue weighted by atomic mass is 16.7. The summed E-state index contributed by atoms with van der Waals surface area (Å²) in [6.07, 6.45) is 5.90. The van der Waals surface area contributed by atoms with Gasteiger partial charge in [-0.15, -0.1) is 6.58 Å². The molecule has 1 aliphatic heterocycles. The second-order valence-electron chi connectivity index (χ2n) is 7.16. The maximum atomic E-state index is 12.2. The van der Waals surface area contributed by atoms with Gasteiger partial charge in [-0.3, -0.25) is 9.59 Å². The Balaban J connectivity index is 2.80. The molecule has 25 heavy (non-hydrogen) atoms. The fraction of sp³-hybridized carbons (Fsp3) is 0.667. The molecule has 0 aromatic heterocycles. The molecule has 0 spiro atoms. The van der Waals surface area contributed by atoms with Gasteiger partial charge in [0, 0.05) is 6.32 Å². The predicted octanol–water partition coefficient (Wildman–Crippen LogP) is 2.93. The molecule has 1 rings (SSSR count). The van der Waals surface area contributed by atoms with Crippen LogP contribution in [0.2, 0.25) is 6.32 Å². The topological polar surface area (TPSA) is 71.1 Å². The Morgan fingerprint density at radius 3 is 1.88 bits per heavy atom. The second kappa shape index (κ2) is 8.19. The fourth-order valence-electron chi connectivity index (χ4n) is 2.69. The Labute approximate surface area is 150 Å². The van der Waals surface area contributed by atoms with Gasteiger partial charge in [0.2, 0.25) is 0 Å². The molecule has 6 nitrogen and oxygen atoms in total. The van der Waals surface area contributed by atoms with Crippen LogP contribution in [0.15, 0.2) is 24.8 Å². The fourth-order valence-corrected chi connectivity index (χ4v) is 2.69. The summed E-state index contributed by atoms with van der Waals surface area (Å²) < 4.78 is 21.4. The maximum absolute atomic E-state index is 12.2. The van der Waals surface area contributed by atoms with Crippen LogP contribution in [0.5, 0.6) is 0 Å². The molecular weight excluding hydrogens is 323 g/mol. The minimum absolute atomic E-state index is 0.132. The molecule has 140 valence electrons. The van der Waals surface area contributed by atoms with Crippen molar-refractivity contribution in [1.82, 2.24) is 0 Å². The largest absolute Gasteiger partial charge is 0.468 e. The highest BCUT2D eigenvalue weighted by molar-refractivity contribution is 6.46. The summed E-state index contributed by atoms with van der Waals surface area (Å²) in [4.78, 5) is 24.4. The highest BCUT2D eigenvalue weighted by Crippen LogP contribution is 2.38. The van der Waals surface area contributed by atoms with Crippen molar-refractivity contribution < 1.29 is 28.4 Å². The SMILES string of the molecule is C=CCC(C/C=C/CB1OC(C)(C)C(C)(C)O1)(C(=O)OC)C(=O)OC. The molecule has 0 unspecified atom stereocenters. The first-order valence-corrected chi connectivity index (χ1v) is 8.34. The first kappa shape index (κ1) is 21.4. The Morgan fingerprint density at radius 1 is 1.00 bits per heavy atom. The van der Waals surface area contributed by atoms with Crippen LogP contribution in [0.1, 0.15) is 40.5 Å². The van der Waals surface area contributed by atoms with Gasteiger partial charge in [-0.25, -0.2) is 0 Å². The monoisotopic (exact) mass is 352 g/mol. The number of hydrogen-bond donors (Lipinski definition) is 0. The van der Waals surface area contributed by atoms with Crippen LogP contribution in [-0.4, -0.2) is 44.5 Å². The van der Waals surface area contributed by atoms with E-state index in [9.17, 15) is 9.59 Å². The zero-order chi connectivity index (χ0) is 19.3. The number of allylic oxidation sites excluding steroid dienone is 3. The van der Waals surface area contributed by atoms with Gasteiger partial charge in [-0.1, -0.05) is 18.2 Å². The third-order valence-corrected chi connectivity index (χ3v) is 4.91. The van der Waals surface area contributed by atoms with Gasteiger partial charge in [-0.2, -0.15) is 0 Å². The molecule has 0 N–H and O–H groups in total. The lowest BCUT2D eigenvalue weighted by Crippen LogP contribution is -2.41. The zero-order valence-electron chi connectivity index (χ0n) is 16.1. The van der Waals surface area contributed by atoms with Crippen molar-refractivity contribution >= 4 is 19.1 Å². The van der Waals surface area contributed by atoms with Crippen LogP contribution in [0.4, 0.5) is 0 Å². The first-order chi connectivity index (χ1) is 11.6. The lowest BCUT2D eigenvalue weighted by atomic mass is 9.79. The molecular formula is C18H29BO6. The zero-order valence-corrected chi connectivity index (χ0v) is 16.1. The van der Waals surface area contributed by atoms with Crippen molar-refractivity contribution in [1.29, 1.82) is 0 Å². The lowest BCUT2D eigenvalue weighted by Gasteiger charge is -2.32. The van der Waals surface area contributed by atoms with Gasteiger partial charge < -0.3 is 18.8 Å². The van der Waals surface area contributed by atoms with Crippen molar-refractivity contribution in [3.63, 3.8) is 0 Å². The third kappa shape index (κ3) is 4.52. The van der Waals surface area contributed by atoms with E-state index in [2.05, 4.69) is 6.58 Å². The molecule has 0 aliphatic carbocycles. The van der Waals surface area contributed by atoms with Crippen molar-refractivity contribution in [3.05, 3.63) is 24.8 Å². The maximum Gasteiger partial charge on any atom is 0.461 e. The van der Waals surface area contributed by atoms with Crippen LogP contribution in [0, 0.1) is 5.41 Å². The molecule has 0 amide bonds. The van der Waals surface area contributed by atoms with Crippen LogP contribution in [0.3, 0.4) is 0 Å². The minimum atomic E-state index is -1.42. The summed E-state index contributed by atoms with van der Waals surface area (Å²) in [5.74, 6) is -1.28. The lowest BCUT2D eigenvalue weighted by molar-refractivity contribution is -0.168. The number of rotatable bonds is 8. The van der Waals surface area contributed by atoms with Gasteiger partial charge in [0.1, 0.15) is 0 Å². The van der Waals surface area contributed by atoms with Crippen LogP contribution in [-0.2, 0) is 28.4 Å². The number of carbonyl (C=O) groups is 2. The molecule has 0 aromatic rings. The molecule has 1 saturated heterocycles. The molecule has 0 bridgehead atoms. The average molecular weight is 352 g/mol. The van der Waals surface area contributed by atoms with E-state index in [1.165, 1.54) is 20.3 Å². The van der Waals surface area contributed by atoms with E-state index < -0.39 is 28.6 Å². The van der Waals surface area contributed by atoms with Crippen LogP contribution < -0.4 is 0 Å². The number of esters is 2. The second-order valence-corrected chi connectivity index (χ2v) is 7.16. The predicted molar refractivity (Wildman–Crippen MR) is 95.9 cm³/mol. The van der Waals surface area contributed by atoms with E-state index in [0.717, 1.165) is 0 Å². The summed E-state index contributed by atoms with van der Waals surface area (Å²) in [5.41, 5.74) is -2.20. The van der Waals surface area contributed by atoms with Crippen molar-refractivity contribution in [2.45, 2.75) is 58.1 Å². The van der Waals surface area contributed by atoms with Gasteiger partial charge in [0.05, 0.1) is 25.4 Å². The summed E-state index contributed by atoms with van der Waals surface area (Å²) in [7, 11) is 2.13. The molecule has 1 heterocycles. The van der Waals surface area contributed by atoms with E-state index in [0.29, 0.717) is 6.32 Å². The summed E-state index contributed by atoms with van der Waals surface area (Å²) in [5, 5.41) is 0. The van der Waals surface area contributed by atoms with Gasteiger partial charge in [-0.05, 0) is 40.5 Å². The molecule has 0 aromatic carbocycles. The first-order valence-electron chi connectivity index (χ1n) is 8.34. The Morgan fingerprint density at radius 2 is 1.48 bits per heavy atom. The normalized spacial score (nSPS) is 19.0. The van der Waals surface area contributed by atoms with Gasteiger partial charge in [0.15, 0.2) is 5.41 Å². The molecule has 7 heteroatoms. The van der Waals surface area contributed by atoms with E-state index in [4.69, 9.17) is 18.8 Å². The summed E-state index contributed by atoms with van der Waals surface area (Å²) >= 11 is 0. The van der Waals surface area contributed by atoms with Crippen molar-refractivity contribution in [2.24, 2.45) is 5.41 Å². The van der Waals surface area contributed by atoms with Gasteiger partial charge in [0.25, 0.3) is 0 Å². The third-order valence-electron chi connectivity index (χ3n) is 4.91. The molecule has 0 radical (unpaired) electrons. The standard InChI is InChI=1S/C18H29BO6/c1-8-11-18(14(20)22-6,15(21)23-7)12-9-10-13-19-24-16(2,3)17(4,5)25-19/h8-10H,1,11-13H2,2-7H3/b10-9+. The Bertz CT molecular complexity index is 506. The number of ether oxygens (including phenoxy) is 2. The minimum Gasteiger partial charge on any atom is -0.468 e. The summed E-state index contributed by atoms with van der Waals surface area (Å²) in [6.45, 7) is 11.6. The quantitative estimate of drug-likeness (QED) is 0.290. The van der Waals surface area contributed by atoms with Crippen LogP contribution >= 0.6 is 0 Å². The molecule has 0 saturated carbocycles. The Kier molecular flexibility index (Phi) is 7.03. The smallest absolute Gasteiger partial charge is 0.461 e. The Hall–Kier alpha value is -1.60. The number of methoxy groups -OCH3 is 2. The average Bonchev–Trinajstić information content (AvgIpc) is 2.75. The van der Waals surface area contributed by atoms with E-state index in [-0.39, 0.29) is 20.0 Å². The number of hydrogen-bond acceptors (Lipinski definition) is 6. The van der Waals surface area contributed by atoms with Crippen LogP contribution in [0.25, 0.3) is 0 Å². The summed E-state index contributed by atoms with van der Waals surface area (Å²) in [6, 6.07) is 0. The van der Waals surface area contributed by atoms with E-state index in [1.54, 1.807) is 6.08 Å². The molecule has 0 atom stereocenters. The van der Waals surface area contributed by atoms with E-state index >= 15 is 0 Å².